The molecule has 4 heteroatoms. The second-order valence-corrected chi connectivity index (χ2v) is 7.02. The van der Waals surface area contributed by atoms with Crippen LogP contribution in [0.1, 0.15) is 38.1 Å². The van der Waals surface area contributed by atoms with Crippen molar-refractivity contribution in [2.75, 3.05) is 19.6 Å². The second-order valence-electron chi connectivity index (χ2n) is 6.59. The molecule has 0 amide bonds. The fraction of sp³-hybridized carbons (Fsp3) is 0.556. The number of nitrogens with zero attached hydrogens (tertiary/aromatic N) is 3. The molecule has 2 unspecified atom stereocenters. The Morgan fingerprint density at radius 1 is 1.09 bits per heavy atom. The highest BCUT2D eigenvalue weighted by atomic mass is 35.5. The van der Waals surface area contributed by atoms with Gasteiger partial charge < -0.3 is 4.57 Å². The predicted molar refractivity (Wildman–Crippen MR) is 91.4 cm³/mol. The average molecular weight is 317 g/mol. The Hall–Kier alpha value is -1.03. The van der Waals surface area contributed by atoms with Crippen LogP contribution in [0.15, 0.2) is 30.5 Å². The van der Waals surface area contributed by atoms with Crippen molar-refractivity contribution in [2.45, 2.75) is 44.3 Å². The zero-order chi connectivity index (χ0) is 14.9. The third-order valence-corrected chi connectivity index (χ3v) is 5.41. The first kappa shape index (κ1) is 14.6. The monoisotopic (exact) mass is 316 g/mol. The van der Waals surface area contributed by atoms with Crippen LogP contribution in [0.25, 0.3) is 10.9 Å². The van der Waals surface area contributed by atoms with Crippen LogP contribution in [-0.4, -0.2) is 35.3 Å². The van der Waals surface area contributed by atoms with Crippen molar-refractivity contribution in [1.29, 1.82) is 0 Å². The van der Waals surface area contributed by atoms with Crippen LogP contribution in [0.2, 0.25) is 5.02 Å². The quantitative estimate of drug-likeness (QED) is 0.819. The van der Waals surface area contributed by atoms with E-state index in [1.807, 2.05) is 6.07 Å². The van der Waals surface area contributed by atoms with E-state index in [0.29, 0.717) is 12.2 Å². The molecule has 1 radical (unpaired) electrons. The first-order chi connectivity index (χ1) is 10.8. The van der Waals surface area contributed by atoms with Gasteiger partial charge in [-0.05, 0) is 63.0 Å². The van der Waals surface area contributed by atoms with Crippen LogP contribution in [0.5, 0.6) is 0 Å². The molecule has 0 saturated carbocycles. The highest BCUT2D eigenvalue weighted by molar-refractivity contribution is 6.31. The van der Waals surface area contributed by atoms with Crippen LogP contribution in [0.4, 0.5) is 0 Å². The Morgan fingerprint density at radius 2 is 1.95 bits per heavy atom. The van der Waals surface area contributed by atoms with Crippen molar-refractivity contribution >= 4 is 22.5 Å². The number of halogens is 1. The number of hydrogen-bond donors (Lipinski definition) is 0. The minimum atomic E-state index is 0.420. The molecular weight excluding hydrogens is 294 g/mol. The maximum absolute atomic E-state index is 6.11. The van der Waals surface area contributed by atoms with Crippen molar-refractivity contribution in [2.24, 2.45) is 0 Å². The van der Waals surface area contributed by atoms with Crippen molar-refractivity contribution in [3.05, 3.63) is 35.5 Å². The summed E-state index contributed by atoms with van der Waals surface area (Å²) < 4.78 is 2.44. The van der Waals surface area contributed by atoms with E-state index in [1.54, 1.807) is 0 Å². The van der Waals surface area contributed by atoms with E-state index in [-0.39, 0.29) is 0 Å². The Kier molecular flexibility index (Phi) is 4.12. The molecule has 1 aromatic heterocycles. The number of likely N-dealkylation sites (tertiary alicyclic amines) is 1. The highest BCUT2D eigenvalue weighted by Crippen LogP contribution is 2.31. The van der Waals surface area contributed by atoms with Gasteiger partial charge in [-0.1, -0.05) is 18.0 Å². The van der Waals surface area contributed by atoms with E-state index >= 15 is 0 Å². The molecular formula is C18H23ClN3. The number of benzene rings is 1. The third-order valence-electron chi connectivity index (χ3n) is 5.17. The van der Waals surface area contributed by atoms with E-state index < -0.39 is 0 Å². The Morgan fingerprint density at radius 3 is 2.82 bits per heavy atom. The lowest BCUT2D eigenvalue weighted by Crippen LogP contribution is -2.48. The summed E-state index contributed by atoms with van der Waals surface area (Å²) in [7, 11) is 0. The summed E-state index contributed by atoms with van der Waals surface area (Å²) in [6.45, 7) is 3.44. The average Bonchev–Trinajstić information content (AvgIpc) is 2.99. The Balaban J connectivity index is 1.55. The summed E-state index contributed by atoms with van der Waals surface area (Å²) in [5.41, 5.74) is 1.30. The van der Waals surface area contributed by atoms with E-state index in [1.165, 1.54) is 43.3 Å². The first-order valence-corrected chi connectivity index (χ1v) is 8.86. The molecule has 2 saturated heterocycles. The van der Waals surface area contributed by atoms with Crippen molar-refractivity contribution in [3.8, 4) is 0 Å². The largest absolute Gasteiger partial charge is 0.344 e. The van der Waals surface area contributed by atoms with E-state index in [4.69, 9.17) is 16.9 Å². The summed E-state index contributed by atoms with van der Waals surface area (Å²) in [4.78, 5) is 2.60. The molecule has 2 aromatic rings. The van der Waals surface area contributed by atoms with Gasteiger partial charge in [0.15, 0.2) is 0 Å². The molecule has 1 aromatic carbocycles. The van der Waals surface area contributed by atoms with Crippen molar-refractivity contribution in [3.63, 3.8) is 0 Å². The van der Waals surface area contributed by atoms with Gasteiger partial charge >= 0.3 is 0 Å². The van der Waals surface area contributed by atoms with E-state index in [0.717, 1.165) is 24.4 Å². The fourth-order valence-electron chi connectivity index (χ4n) is 4.00. The molecule has 3 heterocycles. The van der Waals surface area contributed by atoms with Crippen LogP contribution >= 0.6 is 11.6 Å². The molecule has 2 atom stereocenters. The number of hydrogen-bond acceptors (Lipinski definition) is 1. The molecule has 2 aliphatic rings. The molecule has 117 valence electrons. The van der Waals surface area contributed by atoms with Gasteiger partial charge in [-0.3, -0.25) is 4.90 Å². The topological polar surface area (TPSA) is 22.3 Å². The molecule has 0 N–H and O–H groups in total. The lowest BCUT2D eigenvalue weighted by Gasteiger charge is -2.39. The number of aromatic nitrogens is 1. The molecule has 2 aliphatic heterocycles. The minimum absolute atomic E-state index is 0.420. The van der Waals surface area contributed by atoms with Gasteiger partial charge in [-0.15, -0.1) is 0 Å². The summed E-state index contributed by atoms with van der Waals surface area (Å²) in [6, 6.07) is 8.95. The van der Waals surface area contributed by atoms with Gasteiger partial charge in [0.2, 0.25) is 0 Å². The van der Waals surface area contributed by atoms with Gasteiger partial charge in [0.05, 0.1) is 6.17 Å². The van der Waals surface area contributed by atoms with Gasteiger partial charge in [-0.25, -0.2) is 5.32 Å². The normalized spacial score (nSPS) is 27.3. The molecule has 4 rings (SSSR count). The summed E-state index contributed by atoms with van der Waals surface area (Å²) in [6.07, 6.45) is 9.00. The van der Waals surface area contributed by atoms with Gasteiger partial charge in [0.1, 0.15) is 0 Å². The Bertz CT molecular complexity index is 645. The van der Waals surface area contributed by atoms with Gasteiger partial charge in [0, 0.05) is 34.7 Å². The molecule has 3 nitrogen and oxygen atoms in total. The number of piperidine rings is 2. The summed E-state index contributed by atoms with van der Waals surface area (Å²) >= 11 is 6.11. The fourth-order valence-corrected chi connectivity index (χ4v) is 4.18. The van der Waals surface area contributed by atoms with Crippen molar-refractivity contribution in [1.82, 2.24) is 14.8 Å². The van der Waals surface area contributed by atoms with Crippen LogP contribution in [0.3, 0.4) is 0 Å². The number of rotatable bonds is 2. The predicted octanol–water partition coefficient (Wildman–Crippen LogP) is 4.05. The molecule has 22 heavy (non-hydrogen) atoms. The van der Waals surface area contributed by atoms with Gasteiger partial charge in [0.25, 0.3) is 0 Å². The molecule has 0 spiro atoms. The minimum Gasteiger partial charge on any atom is -0.344 e. The summed E-state index contributed by atoms with van der Waals surface area (Å²) in [5.74, 6) is 0. The highest BCUT2D eigenvalue weighted by Gasteiger charge is 2.29. The zero-order valence-corrected chi connectivity index (χ0v) is 13.7. The lowest BCUT2D eigenvalue weighted by molar-refractivity contribution is 0.0929. The van der Waals surface area contributed by atoms with E-state index in [2.05, 4.69) is 33.9 Å². The molecule has 0 aliphatic carbocycles. The van der Waals surface area contributed by atoms with Crippen LogP contribution < -0.4 is 5.32 Å². The second kappa shape index (κ2) is 6.23. The van der Waals surface area contributed by atoms with Crippen LogP contribution in [-0.2, 0) is 0 Å². The smallest absolute Gasteiger partial charge is 0.0780 e. The van der Waals surface area contributed by atoms with Crippen molar-refractivity contribution < 1.29 is 0 Å². The molecule has 2 fully saturated rings. The first-order valence-electron chi connectivity index (χ1n) is 8.48. The van der Waals surface area contributed by atoms with E-state index in [9.17, 15) is 0 Å². The Labute approximate surface area is 137 Å². The standard InChI is InChI=1S/C18H23ClN3/c19-15-4-5-17-14(12-15)7-11-22(17)16-6-8-20-18(13-16)21-9-2-1-3-10-21/h4-5,7,11-12,16,18H,1-3,6,8-10,13H2. The maximum Gasteiger partial charge on any atom is 0.0780 e. The number of fused-ring (bicyclic) bond motifs is 1. The van der Waals surface area contributed by atoms with Crippen LogP contribution in [0, 0.1) is 0 Å². The zero-order valence-electron chi connectivity index (χ0n) is 12.9. The lowest BCUT2D eigenvalue weighted by atomic mass is 10.0. The summed E-state index contributed by atoms with van der Waals surface area (Å²) in [5, 5.41) is 6.95. The third kappa shape index (κ3) is 2.78. The molecule has 0 bridgehead atoms. The van der Waals surface area contributed by atoms with Gasteiger partial charge in [-0.2, -0.15) is 0 Å². The SMILES string of the molecule is Clc1ccc2c(ccn2C2CC[N]C(N3CCCCC3)C2)c1. The maximum atomic E-state index is 6.11.